The van der Waals surface area contributed by atoms with Gasteiger partial charge in [0.2, 0.25) is 0 Å². The van der Waals surface area contributed by atoms with Crippen LogP contribution in [0.3, 0.4) is 0 Å². The molecule has 3 aromatic rings. The molecule has 1 unspecified atom stereocenters. The highest BCUT2D eigenvalue weighted by atomic mass is 16.2. The van der Waals surface area contributed by atoms with Crippen LogP contribution in [0.2, 0.25) is 0 Å². The monoisotopic (exact) mass is 359 g/mol. The Morgan fingerprint density at radius 2 is 1.89 bits per heavy atom. The van der Waals surface area contributed by atoms with Gasteiger partial charge in [-0.15, -0.1) is 0 Å². The van der Waals surface area contributed by atoms with E-state index in [0.29, 0.717) is 22.6 Å². The lowest BCUT2D eigenvalue weighted by atomic mass is 9.98. The number of rotatable bonds is 5. The molecule has 1 aliphatic rings. The third-order valence-corrected chi connectivity index (χ3v) is 4.41. The maximum Gasteiger partial charge on any atom is 0.319 e. The second-order valence-electron chi connectivity index (χ2n) is 6.52. The van der Waals surface area contributed by atoms with Crippen LogP contribution >= 0.6 is 0 Å². The van der Waals surface area contributed by atoms with Gasteiger partial charge in [-0.2, -0.15) is 5.26 Å². The minimum atomic E-state index is -1.02. The van der Waals surface area contributed by atoms with Crippen molar-refractivity contribution in [2.75, 3.05) is 5.32 Å². The van der Waals surface area contributed by atoms with Crippen LogP contribution in [0.5, 0.6) is 0 Å². The van der Waals surface area contributed by atoms with Gasteiger partial charge in [0.15, 0.2) is 11.7 Å². The highest BCUT2D eigenvalue weighted by Gasteiger charge is 2.25. The van der Waals surface area contributed by atoms with Crippen molar-refractivity contribution >= 4 is 28.5 Å². The first-order valence-electron chi connectivity index (χ1n) is 8.70. The number of imidazole rings is 1. The summed E-state index contributed by atoms with van der Waals surface area (Å²) < 4.78 is 0. The molecule has 1 saturated carbocycles. The molecule has 4 rings (SSSR count). The molecule has 7 nitrogen and oxygen atoms in total. The fraction of sp³-hybridized carbons (Fsp3) is 0.200. The molecule has 0 spiro atoms. The van der Waals surface area contributed by atoms with Gasteiger partial charge in [0.1, 0.15) is 5.82 Å². The fourth-order valence-electron chi connectivity index (χ4n) is 2.82. The maximum absolute atomic E-state index is 12.8. The minimum absolute atomic E-state index is 0.256. The molecular formula is C20H17N5O2. The first-order chi connectivity index (χ1) is 13.1. The molecule has 0 radical (unpaired) electrons. The molecule has 27 heavy (non-hydrogen) atoms. The number of ketones is 1. The Morgan fingerprint density at radius 3 is 2.56 bits per heavy atom. The second kappa shape index (κ2) is 6.92. The number of H-pyrrole nitrogens is 1. The Balaban J connectivity index is 1.50. The molecule has 1 aliphatic carbocycles. The standard InChI is InChI=1S/C20H17N5O2/c21-11-15(19-24-16-3-1-2-4-17(16)25-19)18(26)12-5-7-13(8-6-12)22-20(27)23-14-9-10-14/h1-8,14-15H,9-10H2,(H,24,25)(H2,22,23,27). The summed E-state index contributed by atoms with van der Waals surface area (Å²) in [5.41, 5.74) is 2.46. The smallest absolute Gasteiger partial charge is 0.319 e. The van der Waals surface area contributed by atoms with E-state index in [2.05, 4.69) is 20.6 Å². The number of aromatic nitrogens is 2. The number of para-hydroxylation sites is 2. The molecule has 7 heteroatoms. The molecule has 134 valence electrons. The number of hydrogen-bond acceptors (Lipinski definition) is 4. The van der Waals surface area contributed by atoms with Gasteiger partial charge in [-0.3, -0.25) is 4.79 Å². The zero-order chi connectivity index (χ0) is 18.8. The highest BCUT2D eigenvalue weighted by molar-refractivity contribution is 6.03. The van der Waals surface area contributed by atoms with Gasteiger partial charge in [-0.1, -0.05) is 12.1 Å². The molecule has 2 aromatic carbocycles. The normalized spacial score (nSPS) is 14.3. The molecule has 1 heterocycles. The largest absolute Gasteiger partial charge is 0.340 e. The van der Waals surface area contributed by atoms with E-state index in [-0.39, 0.29) is 17.9 Å². The lowest BCUT2D eigenvalue weighted by Gasteiger charge is -2.08. The number of anilines is 1. The van der Waals surface area contributed by atoms with Gasteiger partial charge < -0.3 is 15.6 Å². The quantitative estimate of drug-likeness (QED) is 0.607. The van der Waals surface area contributed by atoms with Crippen molar-refractivity contribution in [1.29, 1.82) is 5.26 Å². The first kappa shape index (κ1) is 16.8. The molecule has 3 N–H and O–H groups in total. The number of hydrogen-bond donors (Lipinski definition) is 3. The molecule has 0 saturated heterocycles. The van der Waals surface area contributed by atoms with Gasteiger partial charge >= 0.3 is 6.03 Å². The summed E-state index contributed by atoms with van der Waals surface area (Å²) in [6.07, 6.45) is 2.02. The number of nitrogens with zero attached hydrogens (tertiary/aromatic N) is 2. The van der Waals surface area contributed by atoms with E-state index in [1.54, 1.807) is 24.3 Å². The molecular weight excluding hydrogens is 342 g/mol. The predicted octanol–water partition coefficient (Wildman–Crippen LogP) is 3.34. The highest BCUT2D eigenvalue weighted by Crippen LogP contribution is 2.22. The third-order valence-electron chi connectivity index (χ3n) is 4.41. The van der Waals surface area contributed by atoms with Crippen LogP contribution in [0.4, 0.5) is 10.5 Å². The Hall–Kier alpha value is -3.66. The van der Waals surface area contributed by atoms with E-state index in [1.165, 1.54) is 0 Å². The number of Topliss-reactive ketones (excluding diaryl/α,β-unsaturated/α-hetero) is 1. The summed E-state index contributed by atoms with van der Waals surface area (Å²) in [5.74, 6) is -1.03. The van der Waals surface area contributed by atoms with Gasteiger partial charge in [0, 0.05) is 17.3 Å². The number of fused-ring (bicyclic) bond motifs is 1. The fourth-order valence-corrected chi connectivity index (χ4v) is 2.82. The molecule has 1 fully saturated rings. The molecule has 2 amide bonds. The number of carbonyl (C=O) groups excluding carboxylic acids is 2. The van der Waals surface area contributed by atoms with Crippen molar-refractivity contribution in [2.24, 2.45) is 0 Å². The number of urea groups is 1. The summed E-state index contributed by atoms with van der Waals surface area (Å²) in [5, 5.41) is 15.1. The Labute approximate surface area is 155 Å². The number of aromatic amines is 1. The molecule has 1 atom stereocenters. The first-order valence-corrected chi connectivity index (χ1v) is 8.70. The molecule has 0 bridgehead atoms. The van der Waals surface area contributed by atoms with E-state index in [9.17, 15) is 14.9 Å². The van der Waals surface area contributed by atoms with Gasteiger partial charge in [-0.25, -0.2) is 9.78 Å². The summed E-state index contributed by atoms with van der Waals surface area (Å²) in [4.78, 5) is 31.9. The van der Waals surface area contributed by atoms with E-state index in [4.69, 9.17) is 0 Å². The van der Waals surface area contributed by atoms with Crippen LogP contribution in [0.15, 0.2) is 48.5 Å². The summed E-state index contributed by atoms with van der Waals surface area (Å²) >= 11 is 0. The van der Waals surface area contributed by atoms with Crippen LogP contribution in [0.1, 0.15) is 34.9 Å². The van der Waals surface area contributed by atoms with Crippen molar-refractivity contribution in [1.82, 2.24) is 15.3 Å². The summed E-state index contributed by atoms with van der Waals surface area (Å²) in [6.45, 7) is 0. The van der Waals surface area contributed by atoms with E-state index >= 15 is 0 Å². The number of amides is 2. The van der Waals surface area contributed by atoms with Crippen LogP contribution in [-0.2, 0) is 0 Å². The van der Waals surface area contributed by atoms with Crippen molar-refractivity contribution in [3.63, 3.8) is 0 Å². The maximum atomic E-state index is 12.8. The number of carbonyl (C=O) groups is 2. The second-order valence-corrected chi connectivity index (χ2v) is 6.52. The van der Waals surface area contributed by atoms with Gasteiger partial charge in [0.05, 0.1) is 17.1 Å². The van der Waals surface area contributed by atoms with Crippen molar-refractivity contribution in [2.45, 2.75) is 24.8 Å². The van der Waals surface area contributed by atoms with Crippen molar-refractivity contribution < 1.29 is 9.59 Å². The lowest BCUT2D eigenvalue weighted by Crippen LogP contribution is -2.30. The molecule has 1 aromatic heterocycles. The van der Waals surface area contributed by atoms with Crippen LogP contribution in [0.25, 0.3) is 11.0 Å². The van der Waals surface area contributed by atoms with Crippen LogP contribution in [-0.4, -0.2) is 27.8 Å². The third kappa shape index (κ3) is 3.65. The number of benzene rings is 2. The number of nitrogens with one attached hydrogen (secondary N) is 3. The van der Waals surface area contributed by atoms with E-state index in [1.807, 2.05) is 30.3 Å². The Morgan fingerprint density at radius 1 is 1.15 bits per heavy atom. The average molecular weight is 359 g/mol. The van der Waals surface area contributed by atoms with E-state index < -0.39 is 5.92 Å². The van der Waals surface area contributed by atoms with Crippen molar-refractivity contribution in [3.05, 3.63) is 59.9 Å². The predicted molar refractivity (Wildman–Crippen MR) is 100 cm³/mol. The van der Waals surface area contributed by atoms with Crippen LogP contribution < -0.4 is 10.6 Å². The minimum Gasteiger partial charge on any atom is -0.340 e. The van der Waals surface area contributed by atoms with E-state index in [0.717, 1.165) is 18.4 Å². The summed E-state index contributed by atoms with van der Waals surface area (Å²) in [6, 6.07) is 15.9. The zero-order valence-corrected chi connectivity index (χ0v) is 14.4. The zero-order valence-electron chi connectivity index (χ0n) is 14.4. The van der Waals surface area contributed by atoms with Gasteiger partial charge in [-0.05, 0) is 49.2 Å². The SMILES string of the molecule is N#CC(C(=O)c1ccc(NC(=O)NC2CC2)cc1)c1nc2ccccc2[nH]1. The number of nitriles is 1. The average Bonchev–Trinajstić information content (AvgIpc) is 3.38. The molecule has 0 aliphatic heterocycles. The Bertz CT molecular complexity index is 1010. The van der Waals surface area contributed by atoms with Gasteiger partial charge in [0.25, 0.3) is 0 Å². The lowest BCUT2D eigenvalue weighted by molar-refractivity contribution is 0.0976. The van der Waals surface area contributed by atoms with Crippen LogP contribution in [0, 0.1) is 11.3 Å². The Kier molecular flexibility index (Phi) is 4.30. The van der Waals surface area contributed by atoms with Crippen molar-refractivity contribution in [3.8, 4) is 6.07 Å². The topological polar surface area (TPSA) is 111 Å². The summed E-state index contributed by atoms with van der Waals surface area (Å²) in [7, 11) is 0.